The third kappa shape index (κ3) is 5.42. The molecule has 0 aliphatic carbocycles. The molecule has 0 atom stereocenters. The molecule has 0 spiro atoms. The number of methoxy groups -OCH3 is 1. The quantitative estimate of drug-likeness (QED) is 0.538. The summed E-state index contributed by atoms with van der Waals surface area (Å²) in [6.07, 6.45) is 0. The second-order valence-corrected chi connectivity index (χ2v) is 3.25. The molecule has 0 amide bonds. The molecule has 0 aromatic heterocycles. The maximum absolute atomic E-state index is 12.6. The van der Waals surface area contributed by atoms with Crippen LogP contribution in [0.5, 0.6) is 0 Å². The Kier molecular flexibility index (Phi) is 6.21. The fraction of sp³-hybridized carbons (Fsp3) is 0.417. The highest BCUT2D eigenvalue weighted by molar-refractivity contribution is 5.89. The monoisotopic (exact) mass is 242 g/mol. The van der Waals surface area contributed by atoms with Crippen LogP contribution in [0.15, 0.2) is 24.3 Å². The number of carbonyl (C=O) groups excluding carboxylic acids is 1. The van der Waals surface area contributed by atoms with Crippen molar-refractivity contribution in [2.75, 3.05) is 33.5 Å². The summed E-state index contributed by atoms with van der Waals surface area (Å²) in [5.41, 5.74) is 0.322. The molecular weight excluding hydrogens is 227 g/mol. The van der Waals surface area contributed by atoms with Gasteiger partial charge in [0, 0.05) is 7.11 Å². The first kappa shape index (κ1) is 13.6. The molecule has 0 heterocycles. The van der Waals surface area contributed by atoms with Crippen LogP contribution >= 0.6 is 0 Å². The van der Waals surface area contributed by atoms with Crippen molar-refractivity contribution < 1.29 is 23.4 Å². The number of esters is 1. The van der Waals surface area contributed by atoms with E-state index in [-0.39, 0.29) is 12.4 Å². The molecule has 1 rings (SSSR count). The molecular formula is C12H15FO4. The van der Waals surface area contributed by atoms with Gasteiger partial charge in [-0.3, -0.25) is 0 Å². The van der Waals surface area contributed by atoms with E-state index >= 15 is 0 Å². The van der Waals surface area contributed by atoms with Crippen LogP contribution in [0.25, 0.3) is 0 Å². The zero-order valence-corrected chi connectivity index (χ0v) is 9.65. The van der Waals surface area contributed by atoms with Gasteiger partial charge in [-0.1, -0.05) is 0 Å². The molecule has 17 heavy (non-hydrogen) atoms. The van der Waals surface area contributed by atoms with Gasteiger partial charge in [0.15, 0.2) is 0 Å². The van der Waals surface area contributed by atoms with Gasteiger partial charge in [0.05, 0.1) is 25.4 Å². The van der Waals surface area contributed by atoms with E-state index in [9.17, 15) is 9.18 Å². The first-order chi connectivity index (χ1) is 8.24. The molecule has 5 heteroatoms. The van der Waals surface area contributed by atoms with Gasteiger partial charge in [-0.2, -0.15) is 0 Å². The van der Waals surface area contributed by atoms with Gasteiger partial charge in [-0.25, -0.2) is 9.18 Å². The van der Waals surface area contributed by atoms with Gasteiger partial charge in [0.2, 0.25) is 0 Å². The van der Waals surface area contributed by atoms with Crippen molar-refractivity contribution in [2.45, 2.75) is 0 Å². The summed E-state index contributed by atoms with van der Waals surface area (Å²) >= 11 is 0. The summed E-state index contributed by atoms with van der Waals surface area (Å²) in [4.78, 5) is 11.4. The number of rotatable bonds is 7. The summed E-state index contributed by atoms with van der Waals surface area (Å²) < 4.78 is 27.4. The van der Waals surface area contributed by atoms with E-state index in [0.717, 1.165) is 0 Å². The van der Waals surface area contributed by atoms with Crippen molar-refractivity contribution >= 4 is 5.97 Å². The average molecular weight is 242 g/mol. The lowest BCUT2D eigenvalue weighted by molar-refractivity contribution is 0.0213. The van der Waals surface area contributed by atoms with Gasteiger partial charge in [-0.15, -0.1) is 0 Å². The fourth-order valence-corrected chi connectivity index (χ4v) is 1.11. The predicted molar refractivity (Wildman–Crippen MR) is 59.4 cm³/mol. The lowest BCUT2D eigenvalue weighted by Crippen LogP contribution is -2.12. The van der Waals surface area contributed by atoms with Crippen molar-refractivity contribution in [3.05, 3.63) is 35.6 Å². The predicted octanol–water partition coefficient (Wildman–Crippen LogP) is 1.65. The van der Waals surface area contributed by atoms with Crippen molar-refractivity contribution in [1.29, 1.82) is 0 Å². The van der Waals surface area contributed by atoms with E-state index in [0.29, 0.717) is 25.4 Å². The normalized spacial score (nSPS) is 10.2. The number of hydrogen-bond acceptors (Lipinski definition) is 4. The molecule has 94 valence electrons. The molecule has 0 fully saturated rings. The Morgan fingerprint density at radius 1 is 1.12 bits per heavy atom. The second kappa shape index (κ2) is 7.76. The van der Waals surface area contributed by atoms with Crippen LogP contribution in [0.2, 0.25) is 0 Å². The number of halogens is 1. The van der Waals surface area contributed by atoms with Crippen LogP contribution in [0.4, 0.5) is 4.39 Å². The van der Waals surface area contributed by atoms with Crippen molar-refractivity contribution in [3.8, 4) is 0 Å². The van der Waals surface area contributed by atoms with E-state index in [1.165, 1.54) is 24.3 Å². The van der Waals surface area contributed by atoms with Crippen LogP contribution < -0.4 is 0 Å². The molecule has 0 radical (unpaired) electrons. The fourth-order valence-electron chi connectivity index (χ4n) is 1.11. The lowest BCUT2D eigenvalue weighted by Gasteiger charge is -2.05. The van der Waals surface area contributed by atoms with E-state index in [1.54, 1.807) is 7.11 Å². The minimum atomic E-state index is -0.486. The third-order valence-corrected chi connectivity index (χ3v) is 1.97. The van der Waals surface area contributed by atoms with Gasteiger partial charge in [0.1, 0.15) is 12.4 Å². The summed E-state index contributed by atoms with van der Waals surface area (Å²) in [6.45, 7) is 1.45. The van der Waals surface area contributed by atoms with Crippen molar-refractivity contribution in [3.63, 3.8) is 0 Å². The minimum absolute atomic E-state index is 0.167. The maximum Gasteiger partial charge on any atom is 0.338 e. The van der Waals surface area contributed by atoms with Crippen LogP contribution in [0.1, 0.15) is 10.4 Å². The molecule has 1 aromatic carbocycles. The Morgan fingerprint density at radius 2 is 1.76 bits per heavy atom. The van der Waals surface area contributed by atoms with Crippen LogP contribution in [-0.4, -0.2) is 39.5 Å². The summed E-state index contributed by atoms with van der Waals surface area (Å²) in [6, 6.07) is 5.18. The highest BCUT2D eigenvalue weighted by Gasteiger charge is 2.06. The van der Waals surface area contributed by atoms with E-state index in [2.05, 4.69) is 0 Å². The first-order valence-corrected chi connectivity index (χ1v) is 5.23. The lowest BCUT2D eigenvalue weighted by atomic mass is 10.2. The molecule has 1 aromatic rings. The Labute approximate surface area is 99.3 Å². The molecule has 0 aliphatic rings. The summed E-state index contributed by atoms with van der Waals surface area (Å²) in [5.74, 6) is -0.871. The van der Waals surface area contributed by atoms with Crippen LogP contribution in [0.3, 0.4) is 0 Å². The number of ether oxygens (including phenoxy) is 3. The summed E-state index contributed by atoms with van der Waals surface area (Å²) in [7, 11) is 1.58. The standard InChI is InChI=1S/C12H15FO4/c1-15-6-7-16-8-9-17-12(14)10-2-4-11(13)5-3-10/h2-5H,6-9H2,1H3. The minimum Gasteiger partial charge on any atom is -0.460 e. The molecule has 4 nitrogen and oxygen atoms in total. The Balaban J connectivity index is 2.19. The first-order valence-electron chi connectivity index (χ1n) is 5.23. The number of carbonyl (C=O) groups is 1. The molecule has 0 saturated carbocycles. The van der Waals surface area contributed by atoms with Gasteiger partial charge >= 0.3 is 5.97 Å². The van der Waals surface area contributed by atoms with Crippen molar-refractivity contribution in [2.24, 2.45) is 0 Å². The van der Waals surface area contributed by atoms with Crippen molar-refractivity contribution in [1.82, 2.24) is 0 Å². The smallest absolute Gasteiger partial charge is 0.338 e. The number of benzene rings is 1. The maximum atomic E-state index is 12.6. The van der Waals surface area contributed by atoms with Gasteiger partial charge < -0.3 is 14.2 Å². The second-order valence-electron chi connectivity index (χ2n) is 3.25. The number of hydrogen-bond donors (Lipinski definition) is 0. The SMILES string of the molecule is COCCOCCOC(=O)c1ccc(F)cc1. The molecule has 0 saturated heterocycles. The Bertz CT molecular complexity index is 337. The zero-order chi connectivity index (χ0) is 12.5. The molecule has 0 bridgehead atoms. The van der Waals surface area contributed by atoms with E-state index in [1.807, 2.05) is 0 Å². The Morgan fingerprint density at radius 3 is 2.41 bits per heavy atom. The summed E-state index contributed by atoms with van der Waals surface area (Å²) in [5, 5.41) is 0. The van der Waals surface area contributed by atoms with E-state index in [4.69, 9.17) is 14.2 Å². The largest absolute Gasteiger partial charge is 0.460 e. The average Bonchev–Trinajstić information content (AvgIpc) is 2.34. The molecule has 0 aliphatic heterocycles. The van der Waals surface area contributed by atoms with Crippen LogP contribution in [-0.2, 0) is 14.2 Å². The topological polar surface area (TPSA) is 44.8 Å². The zero-order valence-electron chi connectivity index (χ0n) is 9.65. The van der Waals surface area contributed by atoms with Gasteiger partial charge in [0.25, 0.3) is 0 Å². The van der Waals surface area contributed by atoms with E-state index < -0.39 is 5.97 Å². The third-order valence-electron chi connectivity index (χ3n) is 1.97. The molecule has 0 N–H and O–H groups in total. The molecule has 0 unspecified atom stereocenters. The van der Waals surface area contributed by atoms with Gasteiger partial charge in [-0.05, 0) is 24.3 Å². The Hall–Kier alpha value is -1.46. The van der Waals surface area contributed by atoms with Crippen LogP contribution in [0, 0.1) is 5.82 Å². The highest BCUT2D eigenvalue weighted by atomic mass is 19.1. The highest BCUT2D eigenvalue weighted by Crippen LogP contribution is 2.04.